The van der Waals surface area contributed by atoms with E-state index in [-0.39, 0.29) is 11.5 Å². The summed E-state index contributed by atoms with van der Waals surface area (Å²) in [6.07, 6.45) is 4.02. The van der Waals surface area contributed by atoms with Crippen molar-refractivity contribution in [1.82, 2.24) is 13.8 Å². The number of rotatable bonds is 6. The van der Waals surface area contributed by atoms with E-state index in [1.807, 2.05) is 45.9 Å². The lowest BCUT2D eigenvalue weighted by Gasteiger charge is -2.55. The van der Waals surface area contributed by atoms with E-state index in [2.05, 4.69) is 4.90 Å². The molecule has 0 radical (unpaired) electrons. The van der Waals surface area contributed by atoms with E-state index in [0.717, 1.165) is 34.0 Å². The lowest BCUT2D eigenvalue weighted by Crippen LogP contribution is -2.61. The highest BCUT2D eigenvalue weighted by Gasteiger charge is 2.51. The van der Waals surface area contributed by atoms with Crippen LogP contribution in [-0.4, -0.2) is 80.0 Å². The summed E-state index contributed by atoms with van der Waals surface area (Å²) in [6, 6.07) is 8.91. The molecule has 1 aromatic heterocycles. The van der Waals surface area contributed by atoms with Crippen molar-refractivity contribution in [2.45, 2.75) is 58.7 Å². The van der Waals surface area contributed by atoms with Crippen molar-refractivity contribution < 1.29 is 32.2 Å². The van der Waals surface area contributed by atoms with Crippen LogP contribution in [0.15, 0.2) is 36.5 Å². The molecular formula is C32H42N4O7S. The van der Waals surface area contributed by atoms with Crippen LogP contribution in [0.25, 0.3) is 10.9 Å². The van der Waals surface area contributed by atoms with E-state index >= 15 is 0 Å². The number of aromatic nitrogens is 1. The van der Waals surface area contributed by atoms with Gasteiger partial charge in [0.2, 0.25) is 10.0 Å². The quantitative estimate of drug-likeness (QED) is 0.305. The topological polar surface area (TPSA) is 133 Å². The number of fused-ring (bicyclic) bond motifs is 1. The predicted molar refractivity (Wildman–Crippen MR) is 168 cm³/mol. The van der Waals surface area contributed by atoms with Crippen molar-refractivity contribution in [3.8, 4) is 5.75 Å². The van der Waals surface area contributed by atoms with Gasteiger partial charge in [-0.15, -0.1) is 0 Å². The molecule has 0 amide bonds. The number of ether oxygens (including phenoxy) is 3. The molecule has 1 unspecified atom stereocenters. The normalized spacial score (nSPS) is 19.1. The lowest BCUT2D eigenvalue weighted by molar-refractivity contribution is -0.0326. The van der Waals surface area contributed by atoms with Crippen LogP contribution < -0.4 is 10.5 Å². The number of piperidine rings is 1. The number of carbonyl (C=O) groups excluding carboxylic acids is 2. The zero-order valence-electron chi connectivity index (χ0n) is 26.5. The minimum Gasteiger partial charge on any atom is -0.496 e. The Balaban J connectivity index is 1.55. The smallest absolute Gasteiger partial charge is 0.419 e. The molecule has 11 nitrogen and oxygen atoms in total. The maximum atomic E-state index is 13.1. The minimum atomic E-state index is -3.28. The van der Waals surface area contributed by atoms with Gasteiger partial charge in [-0.1, -0.05) is 6.07 Å². The fourth-order valence-electron chi connectivity index (χ4n) is 6.60. The van der Waals surface area contributed by atoms with Crippen LogP contribution in [0, 0.1) is 12.3 Å². The van der Waals surface area contributed by atoms with Gasteiger partial charge in [0.1, 0.15) is 11.4 Å². The van der Waals surface area contributed by atoms with Gasteiger partial charge in [-0.2, -0.15) is 0 Å². The van der Waals surface area contributed by atoms with Gasteiger partial charge in [-0.05, 0) is 82.5 Å². The van der Waals surface area contributed by atoms with Gasteiger partial charge in [0.15, 0.2) is 0 Å². The third-order valence-electron chi connectivity index (χ3n) is 8.76. The van der Waals surface area contributed by atoms with Crippen LogP contribution >= 0.6 is 0 Å². The molecule has 2 aromatic carbocycles. The number of nitrogens with two attached hydrogens (primary N) is 1. The number of nitrogen functional groups attached to an aromatic ring is 1. The summed E-state index contributed by atoms with van der Waals surface area (Å²) in [7, 11) is -0.316. The molecule has 3 heterocycles. The first-order valence-electron chi connectivity index (χ1n) is 14.6. The second-order valence-corrected chi connectivity index (χ2v) is 15.1. The van der Waals surface area contributed by atoms with Gasteiger partial charge in [0.05, 0.1) is 31.6 Å². The molecule has 0 bridgehead atoms. The van der Waals surface area contributed by atoms with Crippen molar-refractivity contribution in [3.05, 3.63) is 58.8 Å². The van der Waals surface area contributed by atoms with E-state index < -0.39 is 27.7 Å². The average molecular weight is 627 g/mol. The van der Waals surface area contributed by atoms with Crippen LogP contribution in [0.2, 0.25) is 0 Å². The molecule has 2 N–H and O–H groups in total. The summed E-state index contributed by atoms with van der Waals surface area (Å²) in [4.78, 5) is 27.7. The van der Waals surface area contributed by atoms with Crippen LogP contribution in [0.4, 0.5) is 10.5 Å². The second kappa shape index (κ2) is 11.4. The molecular weight excluding hydrogens is 584 g/mol. The molecule has 3 aromatic rings. The molecule has 0 saturated carbocycles. The monoisotopic (exact) mass is 626 g/mol. The van der Waals surface area contributed by atoms with E-state index in [1.165, 1.54) is 17.7 Å². The average Bonchev–Trinajstić information content (AvgIpc) is 3.38. The SMILES string of the molecule is COC(=O)c1ccc(C2CC3(CCN2Cc2c(OC)cc(C)c4c2ccn4C(=O)OC(C)(C)C)CN(S(C)(=O)=O)C3)c(N)c1. The van der Waals surface area contributed by atoms with E-state index in [4.69, 9.17) is 19.9 Å². The number of aryl methyl sites for hydroxylation is 1. The van der Waals surface area contributed by atoms with Gasteiger partial charge >= 0.3 is 12.1 Å². The Kier molecular flexibility index (Phi) is 8.23. The van der Waals surface area contributed by atoms with Crippen molar-refractivity contribution in [1.29, 1.82) is 0 Å². The first kappa shape index (κ1) is 31.8. The zero-order valence-corrected chi connectivity index (χ0v) is 27.3. The number of hydrogen-bond acceptors (Lipinski definition) is 9. The lowest BCUT2D eigenvalue weighted by atomic mass is 9.69. The Morgan fingerprint density at radius 3 is 2.41 bits per heavy atom. The number of likely N-dealkylation sites (tertiary alicyclic amines) is 1. The van der Waals surface area contributed by atoms with Crippen molar-refractivity contribution >= 4 is 38.7 Å². The van der Waals surface area contributed by atoms with Gasteiger partial charge in [0.25, 0.3) is 0 Å². The van der Waals surface area contributed by atoms with Crippen molar-refractivity contribution in [2.75, 3.05) is 45.8 Å². The summed E-state index contributed by atoms with van der Waals surface area (Å²) in [5.74, 6) is 0.237. The first-order chi connectivity index (χ1) is 20.6. The molecule has 44 heavy (non-hydrogen) atoms. The third-order valence-corrected chi connectivity index (χ3v) is 9.95. The summed E-state index contributed by atoms with van der Waals surface area (Å²) in [5, 5.41) is 0.882. The van der Waals surface area contributed by atoms with E-state index in [9.17, 15) is 18.0 Å². The number of carbonyl (C=O) groups is 2. The number of esters is 1. The maximum Gasteiger partial charge on any atom is 0.419 e. The number of methoxy groups -OCH3 is 2. The standard InChI is InChI=1S/C32H42N4O7S/c1-20-14-27(41-5)24(22-10-12-36(28(20)22)30(38)43-31(2,3)4)17-34-13-11-32(18-35(19-32)44(7,39)40)16-26(34)23-9-8-21(15-25(23)33)29(37)42-6/h8-10,12,14-15,26H,11,13,16-19,33H2,1-7H3. The third kappa shape index (κ3) is 6.02. The summed E-state index contributed by atoms with van der Waals surface area (Å²) >= 11 is 0. The first-order valence-corrected chi connectivity index (χ1v) is 16.5. The maximum absolute atomic E-state index is 13.1. The fraction of sp³-hybridized carbons (Fsp3) is 0.500. The second-order valence-electron chi connectivity index (χ2n) is 13.1. The van der Waals surface area contributed by atoms with E-state index in [0.29, 0.717) is 49.6 Å². The molecule has 238 valence electrons. The summed E-state index contributed by atoms with van der Waals surface area (Å²) in [5.41, 5.74) is 10.0. The van der Waals surface area contributed by atoms with E-state index in [1.54, 1.807) is 30.0 Å². The summed E-state index contributed by atoms with van der Waals surface area (Å²) < 4.78 is 44.0. The molecule has 2 aliphatic rings. The van der Waals surface area contributed by atoms with Crippen molar-refractivity contribution in [2.24, 2.45) is 5.41 Å². The Morgan fingerprint density at radius 1 is 1.11 bits per heavy atom. The number of benzene rings is 2. The minimum absolute atomic E-state index is 0.161. The molecule has 2 fully saturated rings. The molecule has 2 saturated heterocycles. The largest absolute Gasteiger partial charge is 0.496 e. The van der Waals surface area contributed by atoms with Crippen LogP contribution in [0.3, 0.4) is 0 Å². The van der Waals surface area contributed by atoms with Gasteiger partial charge in [-0.3, -0.25) is 9.47 Å². The Bertz CT molecular complexity index is 1720. The Hall–Kier alpha value is -3.61. The van der Waals surface area contributed by atoms with Crippen LogP contribution in [0.5, 0.6) is 5.75 Å². The highest BCUT2D eigenvalue weighted by molar-refractivity contribution is 7.88. The number of anilines is 1. The summed E-state index contributed by atoms with van der Waals surface area (Å²) in [6.45, 7) is 9.56. The Labute approximate surface area is 258 Å². The Morgan fingerprint density at radius 2 is 1.82 bits per heavy atom. The molecule has 1 spiro atoms. The van der Waals surface area contributed by atoms with Gasteiger partial charge in [0, 0.05) is 53.9 Å². The molecule has 12 heteroatoms. The predicted octanol–water partition coefficient (Wildman–Crippen LogP) is 4.71. The fourth-order valence-corrected chi connectivity index (χ4v) is 7.61. The molecule has 5 rings (SSSR count). The van der Waals surface area contributed by atoms with Gasteiger partial charge < -0.3 is 19.9 Å². The molecule has 0 aliphatic carbocycles. The number of nitrogens with zero attached hydrogens (tertiary/aromatic N) is 3. The van der Waals surface area contributed by atoms with Crippen LogP contribution in [-0.2, 0) is 26.0 Å². The number of sulfonamides is 1. The molecule has 2 aliphatic heterocycles. The molecule has 1 atom stereocenters. The van der Waals surface area contributed by atoms with Crippen LogP contribution in [0.1, 0.15) is 66.7 Å². The highest BCUT2D eigenvalue weighted by atomic mass is 32.2. The highest BCUT2D eigenvalue weighted by Crippen LogP contribution is 2.50. The number of hydrogen-bond donors (Lipinski definition) is 1. The zero-order chi connectivity index (χ0) is 32.2. The van der Waals surface area contributed by atoms with Crippen molar-refractivity contribution in [3.63, 3.8) is 0 Å². The van der Waals surface area contributed by atoms with Gasteiger partial charge in [-0.25, -0.2) is 22.3 Å².